The van der Waals surface area contributed by atoms with Crippen molar-refractivity contribution < 1.29 is 28.5 Å². The van der Waals surface area contributed by atoms with Crippen molar-refractivity contribution >= 4 is 46.3 Å². The van der Waals surface area contributed by atoms with E-state index in [4.69, 9.17) is 31.2 Å². The number of nitrogens with zero attached hydrogens (tertiary/aromatic N) is 1. The summed E-state index contributed by atoms with van der Waals surface area (Å²) >= 11 is 6.51. The van der Waals surface area contributed by atoms with Crippen molar-refractivity contribution in [2.45, 2.75) is 6.23 Å². The molecule has 1 amide bonds. The minimum Gasteiger partial charge on any atom is -0.497 e. The van der Waals surface area contributed by atoms with Crippen molar-refractivity contribution in [2.75, 3.05) is 21.3 Å². The van der Waals surface area contributed by atoms with Crippen LogP contribution < -0.4 is 19.6 Å². The molecule has 4 rings (SSSR count). The molecule has 1 fully saturated rings. The number of amides is 1. The van der Waals surface area contributed by atoms with E-state index in [1.54, 1.807) is 25.3 Å². The van der Waals surface area contributed by atoms with E-state index in [0.717, 1.165) is 17.3 Å². The summed E-state index contributed by atoms with van der Waals surface area (Å²) in [5.74, 6) is 0.438. The number of carbonyl (C=O) groups excluding carboxylic acids is 2. The number of esters is 1. The molecule has 2 aromatic carbocycles. The Hall–Kier alpha value is -3.08. The van der Waals surface area contributed by atoms with E-state index in [1.165, 1.54) is 19.2 Å². The second-order valence-electron chi connectivity index (χ2n) is 6.47. The molecule has 2 aliphatic rings. The van der Waals surface area contributed by atoms with Crippen molar-refractivity contribution in [1.29, 1.82) is 0 Å². The van der Waals surface area contributed by atoms with Gasteiger partial charge in [0.2, 0.25) is 0 Å². The first-order valence-corrected chi connectivity index (χ1v) is 10.3. The second-order valence-corrected chi connectivity index (χ2v) is 8.15. The lowest BCUT2D eigenvalue weighted by Crippen LogP contribution is -2.43. The Morgan fingerprint density at radius 1 is 1.13 bits per heavy atom. The van der Waals surface area contributed by atoms with Crippen LogP contribution in [0.3, 0.4) is 0 Å². The lowest BCUT2D eigenvalue weighted by atomic mass is 10.1. The van der Waals surface area contributed by atoms with Crippen molar-refractivity contribution in [3.8, 4) is 17.2 Å². The SMILES string of the molecule is COc1cccc(/C=C2\SC(=S)N(NC3OC(=O)c4c3ccc(OC)c4OC)C2=O)c1. The van der Waals surface area contributed by atoms with Gasteiger partial charge < -0.3 is 18.9 Å². The van der Waals surface area contributed by atoms with Crippen LogP contribution in [0.1, 0.15) is 27.7 Å². The zero-order chi connectivity index (χ0) is 22.1. The number of benzene rings is 2. The van der Waals surface area contributed by atoms with Crippen LogP contribution in [0.5, 0.6) is 17.2 Å². The molecule has 8 nitrogen and oxygen atoms in total. The normalized spacial score (nSPS) is 18.9. The molecule has 0 spiro atoms. The Kier molecular flexibility index (Phi) is 5.86. The number of hydrogen-bond acceptors (Lipinski definition) is 9. The first-order chi connectivity index (χ1) is 15.0. The number of carbonyl (C=O) groups is 2. The van der Waals surface area contributed by atoms with E-state index in [0.29, 0.717) is 26.3 Å². The predicted molar refractivity (Wildman–Crippen MR) is 119 cm³/mol. The molecule has 1 atom stereocenters. The summed E-state index contributed by atoms with van der Waals surface area (Å²) in [5, 5.41) is 1.20. The number of methoxy groups -OCH3 is 3. The van der Waals surface area contributed by atoms with Crippen LogP contribution in [0.2, 0.25) is 0 Å². The molecule has 2 aliphatic heterocycles. The monoisotopic (exact) mass is 458 g/mol. The summed E-state index contributed by atoms with van der Waals surface area (Å²) in [6.07, 6.45) is 0.826. The lowest BCUT2D eigenvalue weighted by Gasteiger charge is -2.21. The minimum absolute atomic E-state index is 0.247. The number of thioether (sulfide) groups is 1. The summed E-state index contributed by atoms with van der Waals surface area (Å²) in [4.78, 5) is 25.8. The van der Waals surface area contributed by atoms with E-state index in [1.807, 2.05) is 24.3 Å². The summed E-state index contributed by atoms with van der Waals surface area (Å²) in [6.45, 7) is 0. The number of nitrogens with one attached hydrogen (secondary N) is 1. The Balaban J connectivity index is 1.59. The average Bonchev–Trinajstić information content (AvgIpc) is 3.24. The summed E-state index contributed by atoms with van der Waals surface area (Å²) < 4.78 is 21.5. The van der Waals surface area contributed by atoms with Crippen LogP contribution in [0, 0.1) is 0 Å². The number of fused-ring (bicyclic) bond motifs is 1. The number of hydrazine groups is 1. The Labute approximate surface area is 188 Å². The molecule has 2 aromatic rings. The molecule has 160 valence electrons. The zero-order valence-corrected chi connectivity index (χ0v) is 18.5. The maximum atomic E-state index is 12.9. The van der Waals surface area contributed by atoms with Gasteiger partial charge >= 0.3 is 5.97 Å². The molecule has 0 bridgehead atoms. The standard InChI is InChI=1S/C21H18N2O6S2/c1-26-12-6-4-5-11(9-12)10-15-19(24)23(21(30)31-15)22-18-13-7-8-14(27-2)17(28-3)16(13)20(25)29-18/h4-10,18,22H,1-3H3/b15-10-. The topological polar surface area (TPSA) is 86.3 Å². The van der Waals surface area contributed by atoms with E-state index in [9.17, 15) is 9.59 Å². The van der Waals surface area contributed by atoms with Gasteiger partial charge in [-0.25, -0.2) is 9.80 Å². The van der Waals surface area contributed by atoms with E-state index < -0.39 is 12.2 Å². The Bertz CT molecular complexity index is 1120. The van der Waals surface area contributed by atoms with Crippen molar-refractivity contribution in [1.82, 2.24) is 10.4 Å². The van der Waals surface area contributed by atoms with Gasteiger partial charge in [0.15, 0.2) is 22.0 Å². The first kappa shape index (κ1) is 21.2. The van der Waals surface area contributed by atoms with Crippen LogP contribution in [0.4, 0.5) is 0 Å². The molecular weight excluding hydrogens is 440 g/mol. The first-order valence-electron chi connectivity index (χ1n) is 9.11. The summed E-state index contributed by atoms with van der Waals surface area (Å²) in [6, 6.07) is 10.7. The quantitative estimate of drug-likeness (QED) is 0.398. The second kappa shape index (κ2) is 8.58. The number of cyclic esters (lactones) is 1. The van der Waals surface area contributed by atoms with Crippen molar-refractivity contribution in [2.24, 2.45) is 0 Å². The van der Waals surface area contributed by atoms with Crippen LogP contribution in [0.25, 0.3) is 6.08 Å². The summed E-state index contributed by atoms with van der Waals surface area (Å²) in [7, 11) is 4.50. The molecule has 1 N–H and O–H groups in total. The van der Waals surface area contributed by atoms with Gasteiger partial charge in [0, 0.05) is 5.56 Å². The molecule has 10 heteroatoms. The molecule has 1 unspecified atom stereocenters. The van der Waals surface area contributed by atoms with Gasteiger partial charge in [0.25, 0.3) is 5.91 Å². The van der Waals surface area contributed by atoms with Crippen LogP contribution in [-0.4, -0.2) is 42.5 Å². The fraction of sp³-hybridized carbons (Fsp3) is 0.190. The highest BCUT2D eigenvalue weighted by molar-refractivity contribution is 8.26. The molecule has 2 heterocycles. The van der Waals surface area contributed by atoms with E-state index in [-0.39, 0.29) is 17.2 Å². The van der Waals surface area contributed by atoms with Crippen LogP contribution >= 0.6 is 24.0 Å². The van der Waals surface area contributed by atoms with Gasteiger partial charge in [-0.3, -0.25) is 4.79 Å². The van der Waals surface area contributed by atoms with E-state index in [2.05, 4.69) is 5.43 Å². The van der Waals surface area contributed by atoms with Gasteiger partial charge in [-0.05, 0) is 35.9 Å². The molecule has 0 saturated carbocycles. The van der Waals surface area contributed by atoms with Gasteiger partial charge in [-0.1, -0.05) is 36.1 Å². The van der Waals surface area contributed by atoms with Crippen molar-refractivity contribution in [3.05, 3.63) is 58.0 Å². The Morgan fingerprint density at radius 3 is 2.65 bits per heavy atom. The summed E-state index contributed by atoms with van der Waals surface area (Å²) in [5.41, 5.74) is 4.48. The fourth-order valence-corrected chi connectivity index (χ4v) is 4.47. The molecule has 0 radical (unpaired) electrons. The minimum atomic E-state index is -0.902. The number of hydrogen-bond donors (Lipinski definition) is 1. The highest BCUT2D eigenvalue weighted by atomic mass is 32.2. The maximum Gasteiger partial charge on any atom is 0.344 e. The number of rotatable bonds is 6. The smallest absolute Gasteiger partial charge is 0.344 e. The lowest BCUT2D eigenvalue weighted by molar-refractivity contribution is -0.126. The predicted octanol–water partition coefficient (Wildman–Crippen LogP) is 3.29. The number of thiocarbonyl (C=S) groups is 1. The van der Waals surface area contributed by atoms with Crippen molar-refractivity contribution in [3.63, 3.8) is 0 Å². The third-order valence-electron chi connectivity index (χ3n) is 4.72. The fourth-order valence-electron chi connectivity index (χ4n) is 3.28. The third-order valence-corrected chi connectivity index (χ3v) is 6.02. The highest BCUT2D eigenvalue weighted by Crippen LogP contribution is 2.42. The molecule has 0 aromatic heterocycles. The molecular formula is C21H18N2O6S2. The van der Waals surface area contributed by atoms with Gasteiger partial charge in [0.05, 0.1) is 26.2 Å². The molecule has 31 heavy (non-hydrogen) atoms. The highest BCUT2D eigenvalue weighted by Gasteiger charge is 2.40. The zero-order valence-electron chi connectivity index (χ0n) is 16.8. The third kappa shape index (κ3) is 3.85. The largest absolute Gasteiger partial charge is 0.497 e. The average molecular weight is 459 g/mol. The van der Waals surface area contributed by atoms with Gasteiger partial charge in [0.1, 0.15) is 11.3 Å². The van der Waals surface area contributed by atoms with Gasteiger partial charge in [-0.15, -0.1) is 0 Å². The number of ether oxygens (including phenoxy) is 4. The van der Waals surface area contributed by atoms with Gasteiger partial charge in [-0.2, -0.15) is 5.43 Å². The van der Waals surface area contributed by atoms with E-state index >= 15 is 0 Å². The molecule has 1 saturated heterocycles. The molecule has 0 aliphatic carbocycles. The van der Waals surface area contributed by atoms with Crippen LogP contribution in [0.15, 0.2) is 41.3 Å². The Morgan fingerprint density at radius 2 is 1.94 bits per heavy atom. The van der Waals surface area contributed by atoms with Crippen LogP contribution in [-0.2, 0) is 9.53 Å². The maximum absolute atomic E-state index is 12.9.